The summed E-state index contributed by atoms with van der Waals surface area (Å²) in [6.45, 7) is 0. The predicted octanol–water partition coefficient (Wildman–Crippen LogP) is 8.46. The van der Waals surface area contributed by atoms with E-state index >= 15 is 4.79 Å². The van der Waals surface area contributed by atoms with Crippen LogP contribution >= 0.6 is 11.6 Å². The Morgan fingerprint density at radius 2 is 1.41 bits per heavy atom. The molecule has 8 nitrogen and oxygen atoms in total. The van der Waals surface area contributed by atoms with Gasteiger partial charge in [-0.1, -0.05) is 71.8 Å². The van der Waals surface area contributed by atoms with E-state index in [4.69, 9.17) is 16.3 Å². The third kappa shape index (κ3) is 5.43. The molecule has 6 atom stereocenters. The predicted molar refractivity (Wildman–Crippen MR) is 190 cm³/mol. The molecule has 4 aromatic rings. The standard InChI is InChI=1S/C41H29ClF6N2O6/c1-56-31-12-6-11-28(34(31)51)33-26-13-14-27-32(37(54)49(35(27)52)25-16-21(40(43,44)45)15-22(17-25)41(46,47)48)29(26)19-30-36(53)50(24-10-5-9-23(42)18-24)38(55)39(30,33)20-7-3-2-4-8-20/h2-13,15-18,27,29-30,32-33,51H,14,19H2,1H3/t27-,29+,30-,32-,33+,39+/m0/s1. The summed E-state index contributed by atoms with van der Waals surface area (Å²) in [6.07, 6.45) is -9.25. The van der Waals surface area contributed by atoms with Gasteiger partial charge in [0, 0.05) is 16.5 Å². The molecular formula is C41H29ClF6N2O6. The number of halogens is 7. The lowest BCUT2D eigenvalue weighted by atomic mass is 9.49. The maximum atomic E-state index is 15.3. The number of aromatic hydroxyl groups is 1. The fourth-order valence-electron chi connectivity index (χ4n) is 9.35. The number of phenolic OH excluding ortho intramolecular Hbond substituents is 1. The van der Waals surface area contributed by atoms with E-state index in [1.54, 1.807) is 60.7 Å². The van der Waals surface area contributed by atoms with Crippen molar-refractivity contribution in [2.24, 2.45) is 23.7 Å². The lowest BCUT2D eigenvalue weighted by Gasteiger charge is -2.50. The second kappa shape index (κ2) is 13.0. The fourth-order valence-corrected chi connectivity index (χ4v) is 9.53. The number of hydrogen-bond acceptors (Lipinski definition) is 6. The number of amides is 4. The number of carbonyl (C=O) groups is 4. The Kier molecular flexibility index (Phi) is 8.64. The first-order valence-corrected chi connectivity index (χ1v) is 17.8. The first-order chi connectivity index (χ1) is 26.5. The molecule has 2 aliphatic heterocycles. The molecule has 56 heavy (non-hydrogen) atoms. The Morgan fingerprint density at radius 1 is 0.750 bits per heavy atom. The fraction of sp³-hybridized carbons (Fsp3) is 0.268. The average molecular weight is 795 g/mol. The third-order valence-corrected chi connectivity index (χ3v) is 11.8. The van der Waals surface area contributed by atoms with E-state index in [1.807, 2.05) is 0 Å². The summed E-state index contributed by atoms with van der Waals surface area (Å²) in [5, 5.41) is 12.0. The summed E-state index contributed by atoms with van der Waals surface area (Å²) in [5.41, 5.74) is -4.96. The molecule has 288 valence electrons. The molecule has 1 N–H and O–H groups in total. The number of hydrogen-bond donors (Lipinski definition) is 1. The molecular weight excluding hydrogens is 766 g/mol. The quantitative estimate of drug-likeness (QED) is 0.124. The van der Waals surface area contributed by atoms with Gasteiger partial charge in [-0.2, -0.15) is 26.3 Å². The van der Waals surface area contributed by atoms with Gasteiger partial charge in [-0.15, -0.1) is 0 Å². The van der Waals surface area contributed by atoms with Crippen LogP contribution in [0.3, 0.4) is 0 Å². The molecule has 1 saturated carbocycles. The van der Waals surface area contributed by atoms with Gasteiger partial charge in [0.15, 0.2) is 11.5 Å². The van der Waals surface area contributed by atoms with Crippen molar-refractivity contribution in [1.29, 1.82) is 0 Å². The van der Waals surface area contributed by atoms with Gasteiger partial charge in [0.1, 0.15) is 0 Å². The van der Waals surface area contributed by atoms with Crippen molar-refractivity contribution in [3.05, 3.63) is 130 Å². The maximum Gasteiger partial charge on any atom is 0.416 e. The normalized spacial score (nSPS) is 26.2. The van der Waals surface area contributed by atoms with Crippen LogP contribution in [0.1, 0.15) is 41.0 Å². The monoisotopic (exact) mass is 794 g/mol. The number of alkyl halides is 6. The molecule has 0 radical (unpaired) electrons. The van der Waals surface area contributed by atoms with E-state index in [9.17, 15) is 45.8 Å². The van der Waals surface area contributed by atoms with Crippen LogP contribution in [0.25, 0.3) is 0 Å². The molecule has 2 saturated heterocycles. The molecule has 4 amide bonds. The summed E-state index contributed by atoms with van der Waals surface area (Å²) < 4.78 is 88.9. The van der Waals surface area contributed by atoms with Crippen LogP contribution in [-0.4, -0.2) is 35.8 Å². The SMILES string of the molecule is COc1cccc([C@H]2C3=CC[C@@H]4C(=O)N(c5cc(C(F)(F)F)cc(C(F)(F)F)c5)C(=O)[C@@H]4[C@@H]3C[C@H]3C(=O)N(c4cccc(Cl)c4)C(=O)[C@@]23c2ccccc2)c1O. The van der Waals surface area contributed by atoms with Crippen molar-refractivity contribution in [2.45, 2.75) is 36.5 Å². The van der Waals surface area contributed by atoms with Gasteiger partial charge in [-0.25, -0.2) is 9.80 Å². The highest BCUT2D eigenvalue weighted by atomic mass is 35.5. The van der Waals surface area contributed by atoms with E-state index in [-0.39, 0.29) is 46.7 Å². The number of methoxy groups -OCH3 is 1. The van der Waals surface area contributed by atoms with Crippen LogP contribution in [0.2, 0.25) is 5.02 Å². The van der Waals surface area contributed by atoms with Gasteiger partial charge >= 0.3 is 12.4 Å². The highest BCUT2D eigenvalue weighted by Gasteiger charge is 2.70. The lowest BCUT2D eigenvalue weighted by molar-refractivity contribution is -0.143. The highest BCUT2D eigenvalue weighted by Crippen LogP contribution is 2.65. The van der Waals surface area contributed by atoms with E-state index in [0.717, 1.165) is 4.90 Å². The number of imide groups is 2. The molecule has 0 bridgehead atoms. The number of fused-ring (bicyclic) bond motifs is 4. The Labute approximate surface area is 319 Å². The molecule has 4 aliphatic rings. The van der Waals surface area contributed by atoms with E-state index in [1.165, 1.54) is 25.3 Å². The van der Waals surface area contributed by atoms with Crippen LogP contribution in [0.5, 0.6) is 11.5 Å². The summed E-state index contributed by atoms with van der Waals surface area (Å²) in [4.78, 5) is 60.1. The molecule has 2 heterocycles. The number of carbonyl (C=O) groups excluding carboxylic acids is 4. The molecule has 8 rings (SSSR count). The van der Waals surface area contributed by atoms with Gasteiger partial charge in [-0.05, 0) is 66.8 Å². The van der Waals surface area contributed by atoms with E-state index in [0.29, 0.717) is 28.2 Å². The lowest BCUT2D eigenvalue weighted by Crippen LogP contribution is -2.53. The Morgan fingerprint density at radius 3 is 2.04 bits per heavy atom. The number of rotatable bonds is 5. The molecule has 0 aromatic heterocycles. The van der Waals surface area contributed by atoms with Gasteiger partial charge < -0.3 is 9.84 Å². The van der Waals surface area contributed by atoms with Gasteiger partial charge in [-0.3, -0.25) is 19.2 Å². The maximum absolute atomic E-state index is 15.3. The van der Waals surface area contributed by atoms with Crippen LogP contribution < -0.4 is 14.5 Å². The van der Waals surface area contributed by atoms with Gasteiger partial charge in [0.05, 0.1) is 52.8 Å². The van der Waals surface area contributed by atoms with Crippen LogP contribution in [0.15, 0.2) is 103 Å². The minimum Gasteiger partial charge on any atom is -0.504 e. The Hall–Kier alpha value is -5.63. The minimum atomic E-state index is -5.25. The van der Waals surface area contributed by atoms with Gasteiger partial charge in [0.2, 0.25) is 23.6 Å². The van der Waals surface area contributed by atoms with Crippen LogP contribution in [0, 0.1) is 23.7 Å². The zero-order valence-corrected chi connectivity index (χ0v) is 29.8. The first-order valence-electron chi connectivity index (χ1n) is 17.4. The van der Waals surface area contributed by atoms with Crippen LogP contribution in [0.4, 0.5) is 37.7 Å². The molecule has 0 unspecified atom stereocenters. The Bertz CT molecular complexity index is 2330. The molecule has 15 heteroatoms. The van der Waals surface area contributed by atoms with Crippen molar-refractivity contribution in [3.63, 3.8) is 0 Å². The molecule has 3 fully saturated rings. The van der Waals surface area contributed by atoms with Crippen molar-refractivity contribution in [1.82, 2.24) is 0 Å². The molecule has 2 aliphatic carbocycles. The van der Waals surface area contributed by atoms with Crippen molar-refractivity contribution < 1.29 is 55.4 Å². The topological polar surface area (TPSA) is 104 Å². The average Bonchev–Trinajstić information content (AvgIpc) is 3.55. The number of phenols is 1. The summed E-state index contributed by atoms with van der Waals surface area (Å²) in [6, 6.07) is 19.7. The summed E-state index contributed by atoms with van der Waals surface area (Å²) in [5.74, 6) is -9.75. The number of allylic oxidation sites excluding steroid dienone is 2. The molecule has 0 spiro atoms. The van der Waals surface area contributed by atoms with E-state index < -0.39 is 87.8 Å². The van der Waals surface area contributed by atoms with Crippen molar-refractivity contribution in [3.8, 4) is 11.5 Å². The number of nitrogens with zero attached hydrogens (tertiary/aromatic N) is 2. The summed E-state index contributed by atoms with van der Waals surface area (Å²) in [7, 11) is 1.32. The Balaban J connectivity index is 1.34. The minimum absolute atomic E-state index is 0.0328. The number of anilines is 2. The number of ether oxygens (including phenoxy) is 1. The zero-order valence-electron chi connectivity index (χ0n) is 29.1. The molecule has 4 aromatic carbocycles. The second-order valence-electron chi connectivity index (χ2n) is 14.3. The number of benzene rings is 4. The van der Waals surface area contributed by atoms with Crippen molar-refractivity contribution >= 4 is 46.6 Å². The van der Waals surface area contributed by atoms with Crippen molar-refractivity contribution in [2.75, 3.05) is 16.9 Å². The highest BCUT2D eigenvalue weighted by molar-refractivity contribution is 6.32. The summed E-state index contributed by atoms with van der Waals surface area (Å²) >= 11 is 6.32. The zero-order chi connectivity index (χ0) is 40.1. The van der Waals surface area contributed by atoms with Gasteiger partial charge in [0.25, 0.3) is 0 Å². The third-order valence-electron chi connectivity index (χ3n) is 11.6. The van der Waals surface area contributed by atoms with E-state index in [2.05, 4.69) is 0 Å². The first kappa shape index (κ1) is 37.3. The second-order valence-corrected chi connectivity index (χ2v) is 14.7. The largest absolute Gasteiger partial charge is 0.504 e. The number of para-hydroxylation sites is 1. The smallest absolute Gasteiger partial charge is 0.416 e. The van der Waals surface area contributed by atoms with Crippen LogP contribution in [-0.2, 0) is 36.9 Å².